The third kappa shape index (κ3) is 10.2. The second-order valence-corrected chi connectivity index (χ2v) is 23.3. The number of pyridine rings is 6. The molecule has 6 nitrogen and oxygen atoms in total. The molecule has 0 atom stereocenters. The summed E-state index contributed by atoms with van der Waals surface area (Å²) in [4.78, 5) is 14.1. The van der Waals surface area contributed by atoms with Crippen LogP contribution in [0, 0.1) is 82.7 Å². The van der Waals surface area contributed by atoms with Crippen molar-refractivity contribution in [2.45, 2.75) is 160 Å². The van der Waals surface area contributed by atoms with E-state index in [1.807, 2.05) is 96.7 Å². The van der Waals surface area contributed by atoms with Crippen LogP contribution in [0.1, 0.15) is 193 Å². The topological polar surface area (TPSA) is 50.3 Å². The number of benzene rings is 3. The van der Waals surface area contributed by atoms with Crippen LogP contribution >= 0.6 is 0 Å². The van der Waals surface area contributed by atoms with Crippen molar-refractivity contribution in [3.05, 3.63) is 210 Å². The van der Waals surface area contributed by atoms with Crippen LogP contribution in [0.15, 0.2) is 97.5 Å². The molecule has 4 aliphatic rings. The molecule has 0 saturated heterocycles. The van der Waals surface area contributed by atoms with E-state index in [-0.39, 0.29) is 5.56 Å². The molecule has 1 fully saturated rings. The van der Waals surface area contributed by atoms with Gasteiger partial charge in [0.25, 0.3) is 0 Å². The highest BCUT2D eigenvalue weighted by molar-refractivity contribution is 5.88. The number of fused-ring (bicyclic) bond motifs is 9. The zero-order valence-corrected chi connectivity index (χ0v) is 49.1. The Bertz CT molecular complexity index is 4730. The van der Waals surface area contributed by atoms with E-state index < -0.39 is 46.0 Å². The Balaban J connectivity index is 0.000000149. The Morgan fingerprint density at radius 2 is 0.852 bits per heavy atom. The number of hydrogen-bond donors (Lipinski definition) is 0. The van der Waals surface area contributed by atoms with Crippen molar-refractivity contribution in [2.75, 3.05) is 0 Å². The summed E-state index contributed by atoms with van der Waals surface area (Å²) in [5.74, 6) is -1.64. The van der Waals surface area contributed by atoms with Crippen molar-refractivity contribution >= 4 is 0 Å². The van der Waals surface area contributed by atoms with Gasteiger partial charge in [0.2, 0.25) is 17.1 Å². The van der Waals surface area contributed by atoms with Crippen LogP contribution in [0.25, 0.3) is 67.2 Å². The molecule has 9 aromatic rings. The van der Waals surface area contributed by atoms with Crippen LogP contribution in [-0.2, 0) is 40.4 Å². The molecule has 0 N–H and O–H groups in total. The number of rotatable bonds is 5. The highest BCUT2D eigenvalue weighted by atomic mass is 14.9. The molecular formula is C75H85N6+3. The second-order valence-electron chi connectivity index (χ2n) is 23.3. The average Bonchev–Trinajstić information content (AvgIpc) is 1.58. The van der Waals surface area contributed by atoms with Gasteiger partial charge in [0, 0.05) is 112 Å². The van der Waals surface area contributed by atoms with Gasteiger partial charge in [-0.1, -0.05) is 69.5 Å². The quantitative estimate of drug-likeness (QED) is 0.161. The van der Waals surface area contributed by atoms with E-state index in [9.17, 15) is 0 Å². The molecule has 6 aromatic heterocycles. The Morgan fingerprint density at radius 1 is 0.444 bits per heavy atom. The number of aryl methyl sites for hydroxylation is 15. The molecule has 0 spiro atoms. The minimum Gasteiger partial charge on any atom is -0.257 e. The Kier molecular flexibility index (Phi) is 10.3. The van der Waals surface area contributed by atoms with Crippen molar-refractivity contribution in [1.82, 2.24) is 15.0 Å². The fraction of sp³-hybridized carbons (Fsp3) is 0.360. The van der Waals surface area contributed by atoms with E-state index in [0.29, 0.717) is 75.2 Å². The fourth-order valence-electron chi connectivity index (χ4n) is 13.2. The van der Waals surface area contributed by atoms with Gasteiger partial charge in [-0.05, 0) is 209 Å². The maximum absolute atomic E-state index is 9.14. The molecule has 6 heteroatoms. The van der Waals surface area contributed by atoms with Crippen molar-refractivity contribution < 1.29 is 37.0 Å². The first kappa shape index (κ1) is 38.3. The van der Waals surface area contributed by atoms with Gasteiger partial charge in [0.05, 0.1) is 33.8 Å². The van der Waals surface area contributed by atoms with Gasteiger partial charge in [0.15, 0.2) is 18.6 Å². The maximum Gasteiger partial charge on any atom is 0.213 e. The molecule has 0 amide bonds. The third-order valence-corrected chi connectivity index (χ3v) is 17.1. The number of aromatic nitrogens is 6. The summed E-state index contributed by atoms with van der Waals surface area (Å²) in [7, 11) is 5.71. The first-order chi connectivity index (χ1) is 45.4. The van der Waals surface area contributed by atoms with Gasteiger partial charge in [-0.3, -0.25) is 15.0 Å². The minimum absolute atomic E-state index is 0.161. The molecule has 4 aliphatic carbocycles. The van der Waals surface area contributed by atoms with E-state index in [0.717, 1.165) is 143 Å². The van der Waals surface area contributed by atoms with E-state index in [2.05, 4.69) is 51.9 Å². The van der Waals surface area contributed by atoms with Crippen LogP contribution in [0.5, 0.6) is 0 Å². The lowest BCUT2D eigenvalue weighted by molar-refractivity contribution is -0.661. The van der Waals surface area contributed by atoms with Gasteiger partial charge in [-0.2, -0.15) is 0 Å². The average molecular weight is 1090 g/mol. The van der Waals surface area contributed by atoms with E-state index in [4.69, 9.17) is 28.3 Å². The van der Waals surface area contributed by atoms with Crippen LogP contribution in [0.3, 0.4) is 0 Å². The van der Waals surface area contributed by atoms with Crippen molar-refractivity contribution in [3.63, 3.8) is 0 Å². The molecule has 1 saturated carbocycles. The lowest BCUT2D eigenvalue weighted by atomic mass is 9.83. The van der Waals surface area contributed by atoms with Gasteiger partial charge in [0.1, 0.15) is 21.1 Å². The molecule has 3 aromatic carbocycles. The minimum atomic E-state index is -2.34. The van der Waals surface area contributed by atoms with E-state index >= 15 is 0 Å². The highest BCUT2D eigenvalue weighted by Crippen LogP contribution is 2.47. The number of nitrogens with zero attached hydrogens (tertiary/aromatic N) is 6. The zero-order valence-electron chi connectivity index (χ0n) is 66.1. The van der Waals surface area contributed by atoms with Gasteiger partial charge >= 0.3 is 0 Å². The molecule has 13 rings (SSSR count). The second kappa shape index (κ2) is 21.8. The summed E-state index contributed by atoms with van der Waals surface area (Å²) in [6.07, 6.45) is 12.3. The maximum atomic E-state index is 9.14. The van der Waals surface area contributed by atoms with Crippen LogP contribution in [-0.4, -0.2) is 15.0 Å². The molecule has 412 valence electrons. The Morgan fingerprint density at radius 3 is 1.27 bits per heavy atom. The van der Waals surface area contributed by atoms with Crippen LogP contribution < -0.4 is 13.7 Å². The highest BCUT2D eigenvalue weighted by Gasteiger charge is 2.33. The van der Waals surface area contributed by atoms with E-state index in [1.165, 1.54) is 6.42 Å². The largest absolute Gasteiger partial charge is 0.257 e. The zero-order chi connectivity index (χ0) is 71.8. The van der Waals surface area contributed by atoms with Crippen molar-refractivity contribution in [2.24, 2.45) is 21.1 Å². The molecular weight excluding hydrogens is 985 g/mol. The molecule has 0 bridgehead atoms. The molecule has 6 heterocycles. The monoisotopic (exact) mass is 1090 g/mol. The lowest BCUT2D eigenvalue weighted by Crippen LogP contribution is -2.32. The lowest BCUT2D eigenvalue weighted by Gasteiger charge is -2.22. The summed E-state index contributed by atoms with van der Waals surface area (Å²) >= 11 is 0. The van der Waals surface area contributed by atoms with Crippen molar-refractivity contribution in [1.29, 1.82) is 0 Å². The van der Waals surface area contributed by atoms with Gasteiger partial charge in [-0.15, -0.1) is 0 Å². The summed E-state index contributed by atoms with van der Waals surface area (Å²) < 4.78 is 144. The summed E-state index contributed by atoms with van der Waals surface area (Å²) in [5, 5.41) is 0. The number of hydrogen-bond acceptors (Lipinski definition) is 3. The summed E-state index contributed by atoms with van der Waals surface area (Å²) in [6, 6.07) is 25.1. The standard InChI is InChI=1S/C27H31N2.C25H29N2.C23H25N2/c1-17-10-11-22-23(16-24-26(22)18(2)14-19(3)28-24)27(17)25-15-21(12-13-29(25)4)20-8-6-5-7-9-20;1-14(2)20-12-23(27(7)13-17(20)5)25-15(3)8-9-19-21(25)11-22-24(19)16(4)10-18(6)26-22;1-13-7-8-18-19(11-20-22(18)15(3)9-17(5)24-20)23(13)21-10-14(2)16(4)12-25(21)6/h10-15,20H,5-9,16H2,1-4H3;8-10,12-14H,11H2,1-7H3;7-10,12H,11H2,1-6H3/q3*+1/i2D3,20D;4D3,5D3,14D;3D3,4D3. The molecule has 0 radical (unpaired) electrons. The first-order valence-corrected chi connectivity index (χ1v) is 28.4. The predicted molar refractivity (Wildman–Crippen MR) is 334 cm³/mol. The first-order valence-electron chi connectivity index (χ1n) is 36.9. The van der Waals surface area contributed by atoms with Crippen molar-refractivity contribution in [3.8, 4) is 67.2 Å². The van der Waals surface area contributed by atoms with Gasteiger partial charge < -0.3 is 0 Å². The molecule has 81 heavy (non-hydrogen) atoms. The van der Waals surface area contributed by atoms with Gasteiger partial charge in [-0.25, -0.2) is 13.7 Å². The molecule has 0 aliphatic heterocycles. The molecule has 0 unspecified atom stereocenters. The normalized spacial score (nSPS) is 18.0. The third-order valence-electron chi connectivity index (χ3n) is 17.1. The van der Waals surface area contributed by atoms with E-state index in [1.54, 1.807) is 55.9 Å². The smallest absolute Gasteiger partial charge is 0.213 e. The van der Waals surface area contributed by atoms with Crippen LogP contribution in [0.2, 0.25) is 0 Å². The summed E-state index contributed by atoms with van der Waals surface area (Å²) in [5.41, 5.74) is 25.3. The Hall–Kier alpha value is -7.44. The Labute approximate surface area is 508 Å². The predicted octanol–water partition coefficient (Wildman–Crippen LogP) is 16.3. The fourth-order valence-corrected chi connectivity index (χ4v) is 13.2. The summed E-state index contributed by atoms with van der Waals surface area (Å²) in [6.45, 7) is 5.61. The van der Waals surface area contributed by atoms with Crippen LogP contribution in [0.4, 0.5) is 0 Å². The SMILES string of the molecule is [2H]C([2H])([2H])c1c[n+](C)c(-c2c(C)ccc3c2Cc2nc(C)cc(C([2H])([2H])[2H])c2-3)cc1C.[2H]C([2H])([2H])c1c[n+](C)c(-c2c(C)ccc3c2Cc2nc(C)cc(C([2H])([2H])[2H])c2-3)cc1C([2H])(C)C.[2H]C([2H])([2H])c1cc(C)nc2c1-c1ccc(C)c(-c3cc(C4([2H])CCCCC4)cc[n+]3C)c1C2.